The number of nitrogen functional groups attached to an aromatic ring is 1. The predicted octanol–water partition coefficient (Wildman–Crippen LogP) is 3.08. The van der Waals surface area contributed by atoms with Gasteiger partial charge in [-0.3, -0.25) is 4.79 Å². The van der Waals surface area contributed by atoms with Crippen molar-refractivity contribution in [1.29, 1.82) is 0 Å². The van der Waals surface area contributed by atoms with E-state index in [4.69, 9.17) is 5.73 Å². The van der Waals surface area contributed by atoms with E-state index in [0.717, 1.165) is 45.4 Å². The Kier molecular flexibility index (Phi) is 5.07. The van der Waals surface area contributed by atoms with Crippen molar-refractivity contribution in [1.82, 2.24) is 9.88 Å². The molecule has 2 aromatic carbocycles. The number of amides is 1. The molecule has 0 spiro atoms. The van der Waals surface area contributed by atoms with Crippen molar-refractivity contribution < 1.29 is 9.52 Å². The monoisotopic (exact) mass is 425 g/mol. The number of nitrogens with two attached hydrogens (primary N) is 1. The highest BCUT2D eigenvalue weighted by Gasteiger charge is 2.22. The minimum Gasteiger partial charge on any atom is -0.619 e. The fourth-order valence-corrected chi connectivity index (χ4v) is 4.14. The van der Waals surface area contributed by atoms with E-state index < -0.39 is 0 Å². The molecule has 7 nitrogen and oxygen atoms in total. The average Bonchev–Trinajstić information content (AvgIpc) is 2.84. The van der Waals surface area contributed by atoms with Gasteiger partial charge in [0, 0.05) is 61.1 Å². The van der Waals surface area contributed by atoms with Crippen LogP contribution in [0.2, 0.25) is 0 Å². The Morgan fingerprint density at radius 1 is 0.906 bits per heavy atom. The van der Waals surface area contributed by atoms with Crippen LogP contribution < -0.4 is 15.4 Å². The van der Waals surface area contributed by atoms with Crippen LogP contribution in [-0.4, -0.2) is 42.0 Å². The maximum Gasteiger partial charge on any atom is 0.253 e. The first-order chi connectivity index (χ1) is 15.6. The largest absolute Gasteiger partial charge is 0.619 e. The molecule has 1 fully saturated rings. The van der Waals surface area contributed by atoms with Crippen LogP contribution in [0.1, 0.15) is 10.4 Å². The number of hydrogen-bond donors (Lipinski definition) is 1. The number of hydrogen-bond acceptors (Lipinski definition) is 5. The molecule has 32 heavy (non-hydrogen) atoms. The van der Waals surface area contributed by atoms with Crippen LogP contribution in [0.4, 0.5) is 11.5 Å². The van der Waals surface area contributed by atoms with Gasteiger partial charge in [0.05, 0.1) is 0 Å². The second kappa shape index (κ2) is 8.19. The van der Waals surface area contributed by atoms with E-state index in [1.807, 2.05) is 35.2 Å². The molecule has 0 unspecified atom stereocenters. The molecule has 4 aromatic rings. The van der Waals surface area contributed by atoms with E-state index >= 15 is 0 Å². The Labute approximate surface area is 185 Å². The molecule has 5 rings (SSSR count). The SMILES string of the molecule is Nc1nccc2ccc(N3CCN(C(=O)c4ccc(-c5cc[n+]([O-])cc5)cc4)CC3)cc12. The normalized spacial score (nSPS) is 14.0. The van der Waals surface area contributed by atoms with Gasteiger partial charge in [-0.05, 0) is 46.8 Å². The minimum absolute atomic E-state index is 0.0358. The van der Waals surface area contributed by atoms with E-state index in [1.54, 1.807) is 18.3 Å². The second-order valence-electron chi connectivity index (χ2n) is 7.90. The van der Waals surface area contributed by atoms with Gasteiger partial charge in [0.2, 0.25) is 0 Å². The lowest BCUT2D eigenvalue weighted by atomic mass is 10.0. The average molecular weight is 425 g/mol. The van der Waals surface area contributed by atoms with Crippen LogP contribution in [0.5, 0.6) is 0 Å². The Hall–Kier alpha value is -4.13. The molecule has 7 heteroatoms. The highest BCUT2D eigenvalue weighted by atomic mass is 16.5. The lowest BCUT2D eigenvalue weighted by Gasteiger charge is -2.36. The third kappa shape index (κ3) is 3.80. The zero-order valence-corrected chi connectivity index (χ0v) is 17.5. The Morgan fingerprint density at radius 2 is 1.59 bits per heavy atom. The topological polar surface area (TPSA) is 89.4 Å². The van der Waals surface area contributed by atoms with Crippen molar-refractivity contribution in [2.24, 2.45) is 0 Å². The zero-order valence-electron chi connectivity index (χ0n) is 17.5. The smallest absolute Gasteiger partial charge is 0.253 e. The Morgan fingerprint density at radius 3 is 2.31 bits per heavy atom. The van der Waals surface area contributed by atoms with E-state index in [-0.39, 0.29) is 5.91 Å². The number of pyridine rings is 2. The molecule has 3 heterocycles. The summed E-state index contributed by atoms with van der Waals surface area (Å²) in [5.41, 5.74) is 9.71. The summed E-state index contributed by atoms with van der Waals surface area (Å²) in [4.78, 5) is 21.3. The summed E-state index contributed by atoms with van der Waals surface area (Å²) in [7, 11) is 0. The molecule has 0 aliphatic carbocycles. The molecule has 0 bridgehead atoms. The van der Waals surface area contributed by atoms with E-state index in [9.17, 15) is 10.0 Å². The highest BCUT2D eigenvalue weighted by molar-refractivity contribution is 5.95. The van der Waals surface area contributed by atoms with Crippen molar-refractivity contribution in [3.8, 4) is 11.1 Å². The molecular weight excluding hydrogens is 402 g/mol. The van der Waals surface area contributed by atoms with Gasteiger partial charge in [-0.25, -0.2) is 4.98 Å². The standard InChI is InChI=1S/C25H23N5O2/c26-24-23-17-22(6-5-20(23)7-10-27-24)28-13-15-29(16-14-28)25(31)21-3-1-18(2-4-21)19-8-11-30(32)12-9-19/h1-12,17H,13-16H2,(H2,26,27). The number of aromatic nitrogens is 2. The molecule has 1 amide bonds. The van der Waals surface area contributed by atoms with Crippen LogP contribution in [0.25, 0.3) is 21.9 Å². The fraction of sp³-hybridized carbons (Fsp3) is 0.160. The van der Waals surface area contributed by atoms with Gasteiger partial charge in [-0.15, -0.1) is 0 Å². The lowest BCUT2D eigenvalue weighted by Crippen LogP contribution is -2.48. The van der Waals surface area contributed by atoms with Crippen molar-refractivity contribution >= 4 is 28.2 Å². The number of carbonyl (C=O) groups excluding carboxylic acids is 1. The van der Waals surface area contributed by atoms with E-state index in [2.05, 4.69) is 28.1 Å². The summed E-state index contributed by atoms with van der Waals surface area (Å²) in [6.07, 6.45) is 4.65. The quantitative estimate of drug-likeness (QED) is 0.402. The Bertz CT molecular complexity index is 1260. The summed E-state index contributed by atoms with van der Waals surface area (Å²) >= 11 is 0. The van der Waals surface area contributed by atoms with Crippen molar-refractivity contribution in [2.75, 3.05) is 36.8 Å². The summed E-state index contributed by atoms with van der Waals surface area (Å²) in [6, 6.07) is 19.2. The maximum atomic E-state index is 13.0. The van der Waals surface area contributed by atoms with Crippen molar-refractivity contribution in [3.05, 3.63) is 90.0 Å². The van der Waals surface area contributed by atoms with Crippen LogP contribution >= 0.6 is 0 Å². The summed E-state index contributed by atoms with van der Waals surface area (Å²) in [6.45, 7) is 2.83. The van der Waals surface area contributed by atoms with E-state index in [1.165, 1.54) is 12.4 Å². The van der Waals surface area contributed by atoms with Gasteiger partial charge in [0.1, 0.15) is 5.82 Å². The summed E-state index contributed by atoms with van der Waals surface area (Å²) < 4.78 is 0.755. The molecule has 0 saturated carbocycles. The Balaban J connectivity index is 1.25. The van der Waals surface area contributed by atoms with Gasteiger partial charge in [-0.1, -0.05) is 18.2 Å². The van der Waals surface area contributed by atoms with Crippen molar-refractivity contribution in [2.45, 2.75) is 0 Å². The molecular formula is C25H23N5O2. The van der Waals surface area contributed by atoms with Crippen LogP contribution in [0, 0.1) is 5.21 Å². The molecule has 2 N–H and O–H groups in total. The van der Waals surface area contributed by atoms with E-state index in [0.29, 0.717) is 24.5 Å². The molecule has 1 aliphatic heterocycles. The second-order valence-corrected chi connectivity index (χ2v) is 7.90. The maximum absolute atomic E-state index is 13.0. The van der Waals surface area contributed by atoms with Gasteiger partial charge >= 0.3 is 0 Å². The third-order valence-electron chi connectivity index (χ3n) is 5.98. The first kappa shape index (κ1) is 19.8. The number of rotatable bonds is 3. The molecule has 1 aliphatic rings. The summed E-state index contributed by atoms with van der Waals surface area (Å²) in [5.74, 6) is 0.568. The zero-order chi connectivity index (χ0) is 22.1. The van der Waals surface area contributed by atoms with Crippen molar-refractivity contribution in [3.63, 3.8) is 0 Å². The van der Waals surface area contributed by atoms with Crippen LogP contribution in [0.3, 0.4) is 0 Å². The third-order valence-corrected chi connectivity index (χ3v) is 5.98. The molecule has 160 valence electrons. The van der Waals surface area contributed by atoms with Gasteiger partial charge in [0.15, 0.2) is 12.4 Å². The first-order valence-electron chi connectivity index (χ1n) is 10.6. The van der Waals surface area contributed by atoms with Crippen LogP contribution in [0.15, 0.2) is 79.3 Å². The number of nitrogens with zero attached hydrogens (tertiary/aromatic N) is 4. The lowest BCUT2D eigenvalue weighted by molar-refractivity contribution is -0.605. The predicted molar refractivity (Wildman–Crippen MR) is 125 cm³/mol. The van der Waals surface area contributed by atoms with Gasteiger partial charge in [0.25, 0.3) is 5.91 Å². The molecule has 1 saturated heterocycles. The minimum atomic E-state index is 0.0358. The molecule has 0 radical (unpaired) electrons. The number of fused-ring (bicyclic) bond motifs is 1. The summed E-state index contributed by atoms with van der Waals surface area (Å²) in [5, 5.41) is 13.2. The van der Waals surface area contributed by atoms with Gasteiger partial charge in [-0.2, -0.15) is 4.73 Å². The van der Waals surface area contributed by atoms with Crippen LogP contribution in [-0.2, 0) is 0 Å². The fourth-order valence-electron chi connectivity index (χ4n) is 4.14. The number of piperazine rings is 1. The number of carbonyl (C=O) groups is 1. The molecule has 0 atom stereocenters. The van der Waals surface area contributed by atoms with Gasteiger partial charge < -0.3 is 20.7 Å². The highest BCUT2D eigenvalue weighted by Crippen LogP contribution is 2.26. The molecule has 2 aromatic heterocycles. The number of anilines is 2. The number of benzene rings is 2. The first-order valence-corrected chi connectivity index (χ1v) is 10.6.